The van der Waals surface area contributed by atoms with Crippen LogP contribution in [0.3, 0.4) is 0 Å². The fourth-order valence-electron chi connectivity index (χ4n) is 5.65. The summed E-state index contributed by atoms with van der Waals surface area (Å²) in [5.74, 6) is 0.637. The van der Waals surface area contributed by atoms with Crippen LogP contribution in [0.2, 0.25) is 5.02 Å². The lowest BCUT2D eigenvalue weighted by molar-refractivity contribution is -0.173. The number of hydrogen-bond acceptors (Lipinski definition) is 8. The van der Waals surface area contributed by atoms with Gasteiger partial charge in [-0.3, -0.25) is 0 Å². The van der Waals surface area contributed by atoms with Crippen LogP contribution in [0.25, 0.3) is 0 Å². The van der Waals surface area contributed by atoms with Gasteiger partial charge in [0.05, 0.1) is 47.0 Å². The molecule has 0 bridgehead atoms. The van der Waals surface area contributed by atoms with E-state index in [1.54, 1.807) is 36.7 Å². The summed E-state index contributed by atoms with van der Waals surface area (Å²) < 4.78 is 35.8. The molecule has 5 rings (SSSR count). The maximum absolute atomic E-state index is 11.8. The third-order valence-corrected chi connectivity index (χ3v) is 9.05. The fraction of sp³-hybridized carbons (Fsp3) is 0.560. The second-order valence-corrected chi connectivity index (χ2v) is 12.3. The Bertz CT molecular complexity index is 1200. The molecule has 1 saturated carbocycles. The van der Waals surface area contributed by atoms with Crippen LogP contribution in [0.4, 0.5) is 5.95 Å². The monoisotopic (exact) mass is 516 g/mol. The SMILES string of the molecule is CS(=O)(=O)c1ccc(C2(CCC3(C#N)CC3C3CCN(c4ncc(Cl)cn4)CC3)OCCO2)cc1. The number of piperidine rings is 1. The van der Waals surface area contributed by atoms with Crippen LogP contribution in [-0.2, 0) is 25.1 Å². The first kappa shape index (κ1) is 24.4. The van der Waals surface area contributed by atoms with Crippen molar-refractivity contribution >= 4 is 27.4 Å². The van der Waals surface area contributed by atoms with Gasteiger partial charge in [0, 0.05) is 31.3 Å². The summed E-state index contributed by atoms with van der Waals surface area (Å²) in [6.07, 6.45) is 8.59. The predicted molar refractivity (Wildman–Crippen MR) is 130 cm³/mol. The maximum atomic E-state index is 11.8. The predicted octanol–water partition coefficient (Wildman–Crippen LogP) is 3.96. The Balaban J connectivity index is 1.22. The topological polar surface area (TPSA) is 105 Å². The maximum Gasteiger partial charge on any atom is 0.225 e. The molecule has 2 saturated heterocycles. The van der Waals surface area contributed by atoms with Crippen molar-refractivity contribution in [2.24, 2.45) is 17.3 Å². The van der Waals surface area contributed by atoms with Crippen LogP contribution in [0.5, 0.6) is 0 Å². The van der Waals surface area contributed by atoms with E-state index in [9.17, 15) is 13.7 Å². The molecule has 3 heterocycles. The zero-order valence-corrected chi connectivity index (χ0v) is 21.3. The molecule has 3 aliphatic rings. The number of rotatable bonds is 7. The average molecular weight is 517 g/mol. The molecule has 35 heavy (non-hydrogen) atoms. The molecule has 2 aromatic rings. The number of hydrogen-bond donors (Lipinski definition) is 0. The third-order valence-electron chi connectivity index (χ3n) is 7.73. The summed E-state index contributed by atoms with van der Waals surface area (Å²) in [6, 6.07) is 9.34. The van der Waals surface area contributed by atoms with Crippen LogP contribution in [0.15, 0.2) is 41.6 Å². The molecule has 1 aromatic heterocycles. The van der Waals surface area contributed by atoms with Gasteiger partial charge in [-0.15, -0.1) is 0 Å². The van der Waals surface area contributed by atoms with E-state index < -0.39 is 15.6 Å². The van der Waals surface area contributed by atoms with Crippen LogP contribution >= 0.6 is 11.6 Å². The smallest absolute Gasteiger partial charge is 0.225 e. The third kappa shape index (κ3) is 4.90. The van der Waals surface area contributed by atoms with Gasteiger partial charge in [-0.25, -0.2) is 18.4 Å². The first-order valence-corrected chi connectivity index (χ1v) is 14.2. The molecule has 186 valence electrons. The van der Waals surface area contributed by atoms with Gasteiger partial charge in [-0.2, -0.15) is 5.26 Å². The molecule has 10 heteroatoms. The minimum atomic E-state index is -3.28. The van der Waals surface area contributed by atoms with Gasteiger partial charge < -0.3 is 14.4 Å². The first-order chi connectivity index (χ1) is 16.7. The lowest BCUT2D eigenvalue weighted by Gasteiger charge is -2.33. The second-order valence-electron chi connectivity index (χ2n) is 9.85. The first-order valence-electron chi connectivity index (χ1n) is 12.0. The van der Waals surface area contributed by atoms with Crippen molar-refractivity contribution in [1.82, 2.24) is 9.97 Å². The van der Waals surface area contributed by atoms with Crippen molar-refractivity contribution in [1.29, 1.82) is 5.26 Å². The number of nitrogens with zero attached hydrogens (tertiary/aromatic N) is 4. The minimum Gasteiger partial charge on any atom is -0.343 e. The molecule has 2 atom stereocenters. The summed E-state index contributed by atoms with van der Waals surface area (Å²) in [4.78, 5) is 11.1. The highest BCUT2D eigenvalue weighted by Gasteiger charge is 2.59. The normalized spacial score (nSPS) is 26.4. The quantitative estimate of drug-likeness (QED) is 0.544. The highest BCUT2D eigenvalue weighted by molar-refractivity contribution is 7.90. The van der Waals surface area contributed by atoms with Gasteiger partial charge in [0.15, 0.2) is 15.6 Å². The molecular weight excluding hydrogens is 488 g/mol. The summed E-state index contributed by atoms with van der Waals surface area (Å²) in [5.41, 5.74) is 0.433. The lowest BCUT2D eigenvalue weighted by Crippen LogP contribution is -2.36. The van der Waals surface area contributed by atoms with Crippen molar-refractivity contribution in [3.8, 4) is 6.07 Å². The van der Waals surface area contributed by atoms with Crippen molar-refractivity contribution in [2.75, 3.05) is 37.5 Å². The van der Waals surface area contributed by atoms with E-state index in [1.807, 2.05) is 0 Å². The summed E-state index contributed by atoms with van der Waals surface area (Å²) in [7, 11) is -3.28. The minimum absolute atomic E-state index is 0.264. The largest absolute Gasteiger partial charge is 0.343 e. The number of anilines is 1. The summed E-state index contributed by atoms with van der Waals surface area (Å²) in [5, 5.41) is 10.7. The highest BCUT2D eigenvalue weighted by Crippen LogP contribution is 2.62. The lowest BCUT2D eigenvalue weighted by atomic mass is 9.84. The van der Waals surface area contributed by atoms with E-state index in [4.69, 9.17) is 21.1 Å². The standard InChI is InChI=1S/C25H29ClN4O4S/c1-35(31,32)21-4-2-19(3-5-21)25(33-12-13-34-25)9-8-24(17-27)14-22(24)18-6-10-30(11-7-18)23-28-15-20(26)16-29-23/h2-5,15-16,18,22H,6-14H2,1H3. The Labute approximate surface area is 211 Å². The molecule has 0 amide bonds. The van der Waals surface area contributed by atoms with Gasteiger partial charge in [0.2, 0.25) is 5.95 Å². The molecule has 0 radical (unpaired) electrons. The van der Waals surface area contributed by atoms with Crippen molar-refractivity contribution in [2.45, 2.75) is 42.8 Å². The molecule has 1 aromatic carbocycles. The summed E-state index contributed by atoms with van der Waals surface area (Å²) >= 11 is 5.91. The van der Waals surface area contributed by atoms with Crippen LogP contribution in [0.1, 0.15) is 37.7 Å². The van der Waals surface area contributed by atoms with E-state index in [-0.39, 0.29) is 10.3 Å². The number of halogens is 1. The number of aromatic nitrogens is 2. The van der Waals surface area contributed by atoms with Crippen LogP contribution in [-0.4, -0.2) is 50.9 Å². The van der Waals surface area contributed by atoms with Crippen molar-refractivity contribution in [3.05, 3.63) is 47.2 Å². The van der Waals surface area contributed by atoms with Gasteiger partial charge in [0.1, 0.15) is 0 Å². The number of sulfone groups is 1. The molecule has 2 aliphatic heterocycles. The van der Waals surface area contributed by atoms with Crippen LogP contribution in [0, 0.1) is 28.6 Å². The van der Waals surface area contributed by atoms with E-state index in [1.165, 1.54) is 6.26 Å². The number of ether oxygens (including phenoxy) is 2. The van der Waals surface area contributed by atoms with Gasteiger partial charge in [0.25, 0.3) is 0 Å². The zero-order chi connectivity index (χ0) is 24.7. The van der Waals surface area contributed by atoms with Gasteiger partial charge in [-0.05, 0) is 49.7 Å². The highest BCUT2D eigenvalue weighted by atomic mass is 35.5. The molecule has 0 N–H and O–H groups in total. The number of benzene rings is 1. The molecular formula is C25H29ClN4O4S. The second kappa shape index (κ2) is 9.32. The van der Waals surface area contributed by atoms with Gasteiger partial charge >= 0.3 is 0 Å². The molecule has 3 fully saturated rings. The Morgan fingerprint density at radius 3 is 2.31 bits per heavy atom. The van der Waals surface area contributed by atoms with Crippen LogP contribution < -0.4 is 4.90 Å². The molecule has 8 nitrogen and oxygen atoms in total. The average Bonchev–Trinajstić information content (AvgIpc) is 3.39. The van der Waals surface area contributed by atoms with E-state index in [0.717, 1.165) is 37.9 Å². The van der Waals surface area contributed by atoms with Gasteiger partial charge in [-0.1, -0.05) is 23.7 Å². The Hall–Kier alpha value is -2.25. The van der Waals surface area contributed by atoms with E-state index >= 15 is 0 Å². The summed E-state index contributed by atoms with van der Waals surface area (Å²) in [6.45, 7) is 2.68. The van der Waals surface area contributed by atoms with Crippen molar-refractivity contribution in [3.63, 3.8) is 0 Å². The Kier molecular flexibility index (Phi) is 6.51. The Morgan fingerprint density at radius 1 is 1.11 bits per heavy atom. The fourth-order valence-corrected chi connectivity index (χ4v) is 6.38. The van der Waals surface area contributed by atoms with E-state index in [2.05, 4.69) is 20.9 Å². The molecule has 1 aliphatic carbocycles. The van der Waals surface area contributed by atoms with Crippen molar-refractivity contribution < 1.29 is 17.9 Å². The number of nitriles is 1. The molecule has 0 spiro atoms. The Morgan fingerprint density at radius 2 is 1.74 bits per heavy atom. The molecule has 2 unspecified atom stereocenters. The van der Waals surface area contributed by atoms with E-state index in [0.29, 0.717) is 48.9 Å². The zero-order valence-electron chi connectivity index (χ0n) is 19.7.